The molecule has 0 unspecified atom stereocenters. The number of hydrogen-bond donors (Lipinski definition) is 3. The molecule has 0 amide bonds. The highest BCUT2D eigenvalue weighted by molar-refractivity contribution is 5.60. The zero-order chi connectivity index (χ0) is 23.5. The Balaban J connectivity index is 1.79. The molecule has 0 saturated carbocycles. The molecule has 176 valence electrons. The molecule has 1 aromatic heterocycles. The normalized spacial score (nSPS) is 17.8. The van der Waals surface area contributed by atoms with Crippen LogP contribution < -0.4 is 25.4 Å². The van der Waals surface area contributed by atoms with Crippen molar-refractivity contribution in [1.29, 1.82) is 0 Å². The standard InChI is InChI=1S/C22H30F3N5O2/c1-6-31-16-8-7-13(9-17(16)32-19(24)25)28-20-26-12-15(23)18(29-20)27-14-10-21(2,3)30-22(4,5)11-14/h7-9,12,14,19,30H,6,10-11H2,1-5H3,(H2,26,27,28,29). The summed E-state index contributed by atoms with van der Waals surface area (Å²) in [7, 11) is 0. The van der Waals surface area contributed by atoms with Crippen LogP contribution in [-0.4, -0.2) is 40.3 Å². The van der Waals surface area contributed by atoms with E-state index in [1.54, 1.807) is 13.0 Å². The lowest BCUT2D eigenvalue weighted by Crippen LogP contribution is -2.60. The summed E-state index contributed by atoms with van der Waals surface area (Å²) in [6, 6.07) is 4.48. The van der Waals surface area contributed by atoms with Crippen LogP contribution in [0.1, 0.15) is 47.5 Å². The van der Waals surface area contributed by atoms with Crippen LogP contribution in [0.3, 0.4) is 0 Å². The van der Waals surface area contributed by atoms with Gasteiger partial charge in [0.2, 0.25) is 5.95 Å². The molecule has 3 N–H and O–H groups in total. The van der Waals surface area contributed by atoms with E-state index in [-0.39, 0.29) is 40.4 Å². The minimum Gasteiger partial charge on any atom is -0.490 e. The van der Waals surface area contributed by atoms with Crippen LogP contribution in [0.2, 0.25) is 0 Å². The van der Waals surface area contributed by atoms with E-state index in [1.807, 2.05) is 0 Å². The zero-order valence-corrected chi connectivity index (χ0v) is 18.9. The van der Waals surface area contributed by atoms with Gasteiger partial charge >= 0.3 is 6.61 Å². The molecule has 2 heterocycles. The molecule has 7 nitrogen and oxygen atoms in total. The summed E-state index contributed by atoms with van der Waals surface area (Å²) in [5.41, 5.74) is 0.159. The topological polar surface area (TPSA) is 80.3 Å². The predicted octanol–water partition coefficient (Wildman–Crippen LogP) is 5.08. The molecule has 1 fully saturated rings. The largest absolute Gasteiger partial charge is 0.490 e. The first kappa shape index (κ1) is 23.9. The highest BCUT2D eigenvalue weighted by Gasteiger charge is 2.38. The molecule has 1 saturated heterocycles. The van der Waals surface area contributed by atoms with Crippen molar-refractivity contribution < 1.29 is 22.6 Å². The van der Waals surface area contributed by atoms with Crippen molar-refractivity contribution in [3.63, 3.8) is 0 Å². The molecule has 3 rings (SSSR count). The van der Waals surface area contributed by atoms with E-state index in [9.17, 15) is 13.2 Å². The van der Waals surface area contributed by atoms with Crippen LogP contribution in [0.4, 0.5) is 30.6 Å². The van der Waals surface area contributed by atoms with Crippen molar-refractivity contribution in [3.8, 4) is 11.5 Å². The molecule has 0 aliphatic carbocycles. The number of ether oxygens (including phenoxy) is 2. The Morgan fingerprint density at radius 2 is 1.84 bits per heavy atom. The summed E-state index contributed by atoms with van der Waals surface area (Å²) in [5.74, 6) is -0.300. The number of piperidine rings is 1. The molecular formula is C22H30F3N5O2. The zero-order valence-electron chi connectivity index (χ0n) is 18.9. The third-order valence-electron chi connectivity index (χ3n) is 4.99. The van der Waals surface area contributed by atoms with Gasteiger partial charge in [-0.15, -0.1) is 0 Å². The van der Waals surface area contributed by atoms with E-state index in [2.05, 4.69) is 58.4 Å². The predicted molar refractivity (Wildman–Crippen MR) is 117 cm³/mol. The van der Waals surface area contributed by atoms with Gasteiger partial charge in [-0.25, -0.2) is 9.37 Å². The Morgan fingerprint density at radius 3 is 2.47 bits per heavy atom. The van der Waals surface area contributed by atoms with Gasteiger partial charge in [0, 0.05) is 28.9 Å². The number of alkyl halides is 2. The van der Waals surface area contributed by atoms with Crippen molar-refractivity contribution in [2.24, 2.45) is 0 Å². The lowest BCUT2D eigenvalue weighted by atomic mass is 9.79. The number of nitrogens with zero attached hydrogens (tertiary/aromatic N) is 2. The molecule has 0 atom stereocenters. The SMILES string of the molecule is CCOc1ccc(Nc2ncc(F)c(NC3CC(C)(C)NC(C)(C)C3)n2)cc1OC(F)F. The van der Waals surface area contributed by atoms with E-state index in [0.717, 1.165) is 19.0 Å². The second kappa shape index (κ2) is 9.40. The maximum atomic E-state index is 14.4. The average molecular weight is 454 g/mol. The minimum atomic E-state index is -3.00. The highest BCUT2D eigenvalue weighted by Crippen LogP contribution is 2.33. The van der Waals surface area contributed by atoms with Crippen molar-refractivity contribution in [3.05, 3.63) is 30.2 Å². The number of benzene rings is 1. The summed E-state index contributed by atoms with van der Waals surface area (Å²) in [6.07, 6.45) is 2.64. The Morgan fingerprint density at radius 1 is 1.16 bits per heavy atom. The maximum absolute atomic E-state index is 14.4. The van der Waals surface area contributed by atoms with E-state index < -0.39 is 12.4 Å². The Hall–Kier alpha value is -2.75. The van der Waals surface area contributed by atoms with Gasteiger partial charge < -0.3 is 25.4 Å². The van der Waals surface area contributed by atoms with Crippen LogP contribution >= 0.6 is 0 Å². The van der Waals surface area contributed by atoms with E-state index in [0.29, 0.717) is 12.3 Å². The fourth-order valence-electron chi connectivity index (χ4n) is 4.32. The van der Waals surface area contributed by atoms with Gasteiger partial charge in [-0.05, 0) is 59.6 Å². The Kier molecular flexibility index (Phi) is 7.02. The first-order valence-electron chi connectivity index (χ1n) is 10.5. The van der Waals surface area contributed by atoms with Crippen LogP contribution in [0.25, 0.3) is 0 Å². The second-order valence-electron chi connectivity index (χ2n) is 9.13. The molecule has 1 aliphatic rings. The van der Waals surface area contributed by atoms with Crippen molar-refractivity contribution in [2.45, 2.75) is 71.2 Å². The van der Waals surface area contributed by atoms with Gasteiger partial charge in [-0.1, -0.05) is 0 Å². The third-order valence-corrected chi connectivity index (χ3v) is 4.99. The molecule has 10 heteroatoms. The molecule has 0 bridgehead atoms. The molecule has 2 aromatic rings. The monoisotopic (exact) mass is 453 g/mol. The summed E-state index contributed by atoms with van der Waals surface area (Å²) >= 11 is 0. The number of nitrogens with one attached hydrogen (secondary N) is 3. The minimum absolute atomic E-state index is 0.00928. The third kappa shape index (κ3) is 6.38. The van der Waals surface area contributed by atoms with Gasteiger partial charge in [-0.3, -0.25) is 0 Å². The number of anilines is 3. The van der Waals surface area contributed by atoms with Gasteiger partial charge in [0.1, 0.15) is 0 Å². The number of hydrogen-bond acceptors (Lipinski definition) is 7. The molecule has 1 aliphatic heterocycles. The van der Waals surface area contributed by atoms with Gasteiger partial charge in [-0.2, -0.15) is 13.8 Å². The lowest BCUT2D eigenvalue weighted by Gasteiger charge is -2.46. The van der Waals surface area contributed by atoms with Crippen LogP contribution in [0, 0.1) is 5.82 Å². The van der Waals surface area contributed by atoms with Gasteiger partial charge in [0.25, 0.3) is 0 Å². The van der Waals surface area contributed by atoms with Crippen molar-refractivity contribution in [1.82, 2.24) is 15.3 Å². The second-order valence-corrected chi connectivity index (χ2v) is 9.13. The quantitative estimate of drug-likeness (QED) is 0.514. The average Bonchev–Trinajstić information content (AvgIpc) is 2.63. The molecular weight excluding hydrogens is 423 g/mol. The first-order chi connectivity index (χ1) is 15.0. The summed E-state index contributed by atoms with van der Waals surface area (Å²) in [6.45, 7) is 7.47. The fourth-order valence-corrected chi connectivity index (χ4v) is 4.32. The van der Waals surface area contributed by atoms with E-state index in [1.165, 1.54) is 12.1 Å². The number of aromatic nitrogens is 2. The number of halogens is 3. The first-order valence-corrected chi connectivity index (χ1v) is 10.5. The Bertz CT molecular complexity index is 924. The number of rotatable bonds is 8. The smallest absolute Gasteiger partial charge is 0.387 e. The maximum Gasteiger partial charge on any atom is 0.387 e. The molecule has 1 aromatic carbocycles. The summed E-state index contributed by atoms with van der Waals surface area (Å²) in [4.78, 5) is 8.22. The van der Waals surface area contributed by atoms with Gasteiger partial charge in [0.05, 0.1) is 12.8 Å². The van der Waals surface area contributed by atoms with E-state index in [4.69, 9.17) is 4.74 Å². The molecule has 32 heavy (non-hydrogen) atoms. The van der Waals surface area contributed by atoms with Crippen LogP contribution in [0.5, 0.6) is 11.5 Å². The van der Waals surface area contributed by atoms with Crippen molar-refractivity contribution >= 4 is 17.5 Å². The van der Waals surface area contributed by atoms with Gasteiger partial charge in [0.15, 0.2) is 23.1 Å². The molecule has 0 radical (unpaired) electrons. The van der Waals surface area contributed by atoms with Crippen molar-refractivity contribution in [2.75, 3.05) is 17.2 Å². The summed E-state index contributed by atoms with van der Waals surface area (Å²) < 4.78 is 49.8. The fraction of sp³-hybridized carbons (Fsp3) is 0.545. The summed E-state index contributed by atoms with van der Waals surface area (Å²) in [5, 5.41) is 9.69. The molecule has 0 spiro atoms. The van der Waals surface area contributed by atoms with Crippen LogP contribution in [0.15, 0.2) is 24.4 Å². The van der Waals surface area contributed by atoms with E-state index >= 15 is 0 Å². The lowest BCUT2D eigenvalue weighted by molar-refractivity contribution is -0.0513. The van der Waals surface area contributed by atoms with Crippen LogP contribution in [-0.2, 0) is 0 Å². The highest BCUT2D eigenvalue weighted by atomic mass is 19.3. The Labute approximate surface area is 186 Å².